The van der Waals surface area contributed by atoms with Gasteiger partial charge in [0, 0.05) is 30.7 Å². The lowest BCUT2D eigenvalue weighted by Crippen LogP contribution is -2.41. The first-order chi connectivity index (χ1) is 14.5. The molecule has 2 unspecified atom stereocenters. The molecule has 0 bridgehead atoms. The van der Waals surface area contributed by atoms with E-state index in [0.717, 1.165) is 11.3 Å². The zero-order valence-electron chi connectivity index (χ0n) is 18.3. The maximum absolute atomic E-state index is 13.5. The second kappa shape index (κ2) is 7.60. The Bertz CT molecular complexity index is 888. The predicted octanol–water partition coefficient (Wildman–Crippen LogP) is 3.65. The minimum absolute atomic E-state index is 0.00380. The van der Waals surface area contributed by atoms with Crippen molar-refractivity contribution in [2.75, 3.05) is 0 Å². The average Bonchev–Trinajstić information content (AvgIpc) is 3.15. The predicted molar refractivity (Wildman–Crippen MR) is 108 cm³/mol. The van der Waals surface area contributed by atoms with Crippen LogP contribution in [0.25, 0.3) is 0 Å². The molecule has 1 saturated carbocycles. The third-order valence-electron chi connectivity index (χ3n) is 6.81. The SMILES string of the molecule is CC1C2Cc3ncc(OC(F)F)cc3CN2C(=O)[C@]12CC[C@@H](NC(=O)OC(C)(C)C)C2. The number of fused-ring (bicyclic) bond motifs is 2. The van der Waals surface area contributed by atoms with Crippen LogP contribution in [0.1, 0.15) is 58.2 Å². The van der Waals surface area contributed by atoms with Gasteiger partial charge in [0.1, 0.15) is 11.4 Å². The first-order valence-electron chi connectivity index (χ1n) is 10.7. The molecule has 1 aliphatic carbocycles. The van der Waals surface area contributed by atoms with Crippen LogP contribution in [0.4, 0.5) is 13.6 Å². The number of rotatable bonds is 3. The third-order valence-corrected chi connectivity index (χ3v) is 6.81. The van der Waals surface area contributed by atoms with Gasteiger partial charge >= 0.3 is 12.7 Å². The molecular weight excluding hydrogens is 408 g/mol. The molecule has 9 heteroatoms. The quantitative estimate of drug-likeness (QED) is 0.781. The molecule has 0 radical (unpaired) electrons. The van der Waals surface area contributed by atoms with Crippen LogP contribution >= 0.6 is 0 Å². The van der Waals surface area contributed by atoms with Gasteiger partial charge in [0.2, 0.25) is 5.91 Å². The molecule has 1 saturated heterocycles. The number of pyridine rings is 1. The van der Waals surface area contributed by atoms with E-state index < -0.39 is 23.7 Å². The van der Waals surface area contributed by atoms with E-state index in [2.05, 4.69) is 22.0 Å². The Kier molecular flexibility index (Phi) is 5.34. The van der Waals surface area contributed by atoms with E-state index in [1.165, 1.54) is 6.20 Å². The minimum atomic E-state index is -2.92. The molecule has 3 aliphatic rings. The number of ether oxygens (including phenoxy) is 2. The highest BCUT2D eigenvalue weighted by molar-refractivity contribution is 5.87. The summed E-state index contributed by atoms with van der Waals surface area (Å²) in [5.74, 6) is 0.172. The van der Waals surface area contributed by atoms with Crippen LogP contribution in [0.3, 0.4) is 0 Å². The van der Waals surface area contributed by atoms with Crippen molar-refractivity contribution in [3.8, 4) is 5.75 Å². The van der Waals surface area contributed by atoms with Gasteiger partial charge in [-0.2, -0.15) is 8.78 Å². The number of nitrogens with one attached hydrogen (secondary N) is 1. The maximum Gasteiger partial charge on any atom is 0.407 e. The Labute approximate surface area is 180 Å². The standard InChI is InChI=1S/C22H29F2N3O4/c1-12-17-8-16-13(7-15(10-25-16)30-19(23)24)11-27(17)18(28)22(12)6-5-14(9-22)26-20(29)31-21(2,3)4/h7,10,12,14,17,19H,5-6,8-9,11H2,1-4H3,(H,26,29)/t12?,14-,17?,22+/m1/s1. The van der Waals surface area contributed by atoms with Gasteiger partial charge in [0.25, 0.3) is 0 Å². The fourth-order valence-corrected chi connectivity index (χ4v) is 5.41. The highest BCUT2D eigenvalue weighted by Gasteiger charge is 2.60. The molecule has 31 heavy (non-hydrogen) atoms. The summed E-state index contributed by atoms with van der Waals surface area (Å²) in [7, 11) is 0. The molecule has 2 amide bonds. The van der Waals surface area contributed by atoms with Gasteiger partial charge < -0.3 is 19.7 Å². The van der Waals surface area contributed by atoms with Gasteiger partial charge in [0.05, 0.1) is 11.6 Å². The second-order valence-electron chi connectivity index (χ2n) is 9.89. The minimum Gasteiger partial charge on any atom is -0.444 e. The first-order valence-corrected chi connectivity index (χ1v) is 10.7. The Morgan fingerprint density at radius 1 is 1.39 bits per heavy atom. The van der Waals surface area contributed by atoms with Crippen molar-refractivity contribution in [1.29, 1.82) is 0 Å². The molecule has 170 valence electrons. The smallest absolute Gasteiger partial charge is 0.407 e. The third kappa shape index (κ3) is 4.06. The largest absolute Gasteiger partial charge is 0.444 e. The van der Waals surface area contributed by atoms with Gasteiger partial charge in [0.15, 0.2) is 0 Å². The Balaban J connectivity index is 1.48. The average molecular weight is 437 g/mol. The van der Waals surface area contributed by atoms with E-state index in [4.69, 9.17) is 4.74 Å². The molecule has 0 aromatic carbocycles. The fraction of sp³-hybridized carbons (Fsp3) is 0.682. The number of carbonyl (C=O) groups is 2. The van der Waals surface area contributed by atoms with Crippen LogP contribution in [-0.4, -0.2) is 46.2 Å². The number of halogens is 2. The molecule has 1 aromatic heterocycles. The van der Waals surface area contributed by atoms with Gasteiger partial charge in [-0.25, -0.2) is 4.79 Å². The van der Waals surface area contributed by atoms with Crippen LogP contribution in [0.5, 0.6) is 5.75 Å². The lowest BCUT2D eigenvalue weighted by Gasteiger charge is -2.32. The number of alkyl carbamates (subject to hydrolysis) is 1. The van der Waals surface area contributed by atoms with E-state index in [0.29, 0.717) is 32.2 Å². The maximum atomic E-state index is 13.5. The van der Waals surface area contributed by atoms with Crippen LogP contribution < -0.4 is 10.1 Å². The van der Waals surface area contributed by atoms with Crippen LogP contribution in [0.15, 0.2) is 12.3 Å². The number of nitrogens with zero attached hydrogens (tertiary/aromatic N) is 2. The van der Waals surface area contributed by atoms with Crippen molar-refractivity contribution >= 4 is 12.0 Å². The molecule has 4 rings (SSSR count). The molecule has 1 spiro atoms. The monoisotopic (exact) mass is 437 g/mol. The van der Waals surface area contributed by atoms with Crippen molar-refractivity contribution in [2.24, 2.45) is 11.3 Å². The van der Waals surface area contributed by atoms with Crippen molar-refractivity contribution in [2.45, 2.75) is 84.2 Å². The van der Waals surface area contributed by atoms with Crippen molar-refractivity contribution in [1.82, 2.24) is 15.2 Å². The van der Waals surface area contributed by atoms with Crippen molar-refractivity contribution in [3.05, 3.63) is 23.5 Å². The van der Waals surface area contributed by atoms with E-state index in [-0.39, 0.29) is 29.7 Å². The Morgan fingerprint density at radius 3 is 2.81 bits per heavy atom. The number of amides is 2. The molecule has 2 aliphatic heterocycles. The topological polar surface area (TPSA) is 80.8 Å². The highest BCUT2D eigenvalue weighted by Crippen LogP contribution is 2.54. The Morgan fingerprint density at radius 2 is 2.13 bits per heavy atom. The van der Waals surface area contributed by atoms with Crippen LogP contribution in [-0.2, 0) is 22.5 Å². The highest BCUT2D eigenvalue weighted by atomic mass is 19.3. The van der Waals surface area contributed by atoms with Crippen molar-refractivity contribution < 1.29 is 27.8 Å². The summed E-state index contributed by atoms with van der Waals surface area (Å²) in [6.07, 6.45) is 3.42. The second-order valence-corrected chi connectivity index (χ2v) is 9.89. The van der Waals surface area contributed by atoms with Gasteiger partial charge in [-0.1, -0.05) is 6.92 Å². The van der Waals surface area contributed by atoms with Crippen LogP contribution in [0, 0.1) is 11.3 Å². The summed E-state index contributed by atoms with van der Waals surface area (Å²) in [6.45, 7) is 4.95. The lowest BCUT2D eigenvalue weighted by molar-refractivity contribution is -0.138. The molecule has 1 aromatic rings. The number of alkyl halides is 2. The van der Waals surface area contributed by atoms with E-state index in [9.17, 15) is 18.4 Å². The first kappa shape index (κ1) is 21.8. The summed E-state index contributed by atoms with van der Waals surface area (Å²) in [4.78, 5) is 31.9. The molecule has 3 heterocycles. The van der Waals surface area contributed by atoms with Gasteiger partial charge in [-0.3, -0.25) is 9.78 Å². The molecule has 2 fully saturated rings. The van der Waals surface area contributed by atoms with E-state index >= 15 is 0 Å². The summed E-state index contributed by atoms with van der Waals surface area (Å²) in [5, 5.41) is 2.92. The zero-order chi connectivity index (χ0) is 22.6. The van der Waals surface area contributed by atoms with Crippen molar-refractivity contribution in [3.63, 3.8) is 0 Å². The zero-order valence-corrected chi connectivity index (χ0v) is 18.3. The molecular formula is C22H29F2N3O4. The normalized spacial score (nSPS) is 29.8. The summed E-state index contributed by atoms with van der Waals surface area (Å²) in [5.41, 5.74) is 0.451. The molecule has 4 atom stereocenters. The number of aromatic nitrogens is 1. The van der Waals surface area contributed by atoms with Gasteiger partial charge in [-0.15, -0.1) is 0 Å². The molecule has 1 N–H and O–H groups in total. The number of hydrogen-bond donors (Lipinski definition) is 1. The van der Waals surface area contributed by atoms with Gasteiger partial charge in [-0.05, 0) is 57.6 Å². The summed E-state index contributed by atoms with van der Waals surface area (Å²) in [6, 6.07) is 1.44. The number of hydrogen-bond acceptors (Lipinski definition) is 5. The fourth-order valence-electron chi connectivity index (χ4n) is 5.41. The Hall–Kier alpha value is -2.45. The summed E-state index contributed by atoms with van der Waals surface area (Å²) >= 11 is 0. The van der Waals surface area contributed by atoms with E-state index in [1.807, 2.05) is 25.7 Å². The lowest BCUT2D eigenvalue weighted by atomic mass is 9.73. The summed E-state index contributed by atoms with van der Waals surface area (Å²) < 4.78 is 34.9. The molecule has 7 nitrogen and oxygen atoms in total. The number of carbonyl (C=O) groups excluding carboxylic acids is 2. The van der Waals surface area contributed by atoms with E-state index in [1.54, 1.807) is 6.07 Å². The van der Waals surface area contributed by atoms with Crippen LogP contribution in [0.2, 0.25) is 0 Å².